The number of hydrogen-bond donors (Lipinski definition) is 1. The summed E-state index contributed by atoms with van der Waals surface area (Å²) >= 11 is 0. The molecule has 0 aliphatic heterocycles. The Bertz CT molecular complexity index is 455. The molecule has 98 valence electrons. The maximum absolute atomic E-state index is 14.0. The minimum absolute atomic E-state index is 0.0579. The van der Waals surface area contributed by atoms with Crippen LogP contribution in [0, 0.1) is 11.7 Å². The van der Waals surface area contributed by atoms with E-state index in [0.29, 0.717) is 18.5 Å². The van der Waals surface area contributed by atoms with Crippen LogP contribution in [-0.2, 0) is 0 Å². The van der Waals surface area contributed by atoms with Crippen LogP contribution in [0.4, 0.5) is 10.1 Å². The Morgan fingerprint density at radius 2 is 2.17 bits per heavy atom. The maximum atomic E-state index is 14.0. The van der Waals surface area contributed by atoms with Gasteiger partial charge < -0.3 is 10.0 Å². The van der Waals surface area contributed by atoms with Crippen LogP contribution in [0.2, 0.25) is 0 Å². The number of carbonyl (C=O) groups is 1. The predicted molar refractivity (Wildman–Crippen MR) is 68.6 cm³/mol. The third kappa shape index (κ3) is 2.63. The molecule has 1 fully saturated rings. The summed E-state index contributed by atoms with van der Waals surface area (Å²) in [5.41, 5.74) is 0.309. The number of carboxylic acids is 1. The van der Waals surface area contributed by atoms with Crippen molar-refractivity contribution in [2.24, 2.45) is 5.92 Å². The van der Waals surface area contributed by atoms with E-state index in [4.69, 9.17) is 0 Å². The Labute approximate surface area is 106 Å². The zero-order valence-electron chi connectivity index (χ0n) is 10.7. The molecule has 1 saturated carbocycles. The van der Waals surface area contributed by atoms with Crippen molar-refractivity contribution in [3.8, 4) is 0 Å². The molecule has 0 radical (unpaired) electrons. The number of anilines is 1. The molecule has 1 aliphatic rings. The van der Waals surface area contributed by atoms with Crippen LogP contribution < -0.4 is 4.90 Å². The molecule has 0 aromatic heterocycles. The minimum Gasteiger partial charge on any atom is -0.478 e. The maximum Gasteiger partial charge on any atom is 0.337 e. The Balaban J connectivity index is 2.42. The second-order valence-corrected chi connectivity index (χ2v) is 5.22. The highest BCUT2D eigenvalue weighted by atomic mass is 19.1. The number of benzene rings is 1. The second-order valence-electron chi connectivity index (χ2n) is 5.22. The van der Waals surface area contributed by atoms with E-state index in [2.05, 4.69) is 13.8 Å². The zero-order chi connectivity index (χ0) is 13.3. The first-order valence-corrected chi connectivity index (χ1v) is 6.29. The monoisotopic (exact) mass is 251 g/mol. The summed E-state index contributed by atoms with van der Waals surface area (Å²) in [6.45, 7) is 4.79. The largest absolute Gasteiger partial charge is 0.478 e. The molecule has 1 aromatic carbocycles. The van der Waals surface area contributed by atoms with E-state index in [9.17, 15) is 14.3 Å². The average molecular weight is 251 g/mol. The summed E-state index contributed by atoms with van der Waals surface area (Å²) in [7, 11) is 0. The molecule has 1 aromatic rings. The van der Waals surface area contributed by atoms with Crippen LogP contribution in [0.15, 0.2) is 18.2 Å². The van der Waals surface area contributed by atoms with Gasteiger partial charge in [0.25, 0.3) is 0 Å². The van der Waals surface area contributed by atoms with Gasteiger partial charge >= 0.3 is 5.97 Å². The van der Waals surface area contributed by atoms with Crippen LogP contribution in [-0.4, -0.2) is 23.7 Å². The van der Waals surface area contributed by atoms with E-state index >= 15 is 0 Å². The van der Waals surface area contributed by atoms with Crippen molar-refractivity contribution in [2.75, 3.05) is 11.4 Å². The van der Waals surface area contributed by atoms with Crippen LogP contribution in [0.5, 0.6) is 0 Å². The number of nitrogens with zero attached hydrogens (tertiary/aromatic N) is 1. The van der Waals surface area contributed by atoms with Gasteiger partial charge in [-0.15, -0.1) is 0 Å². The molecule has 3 nitrogen and oxygen atoms in total. The van der Waals surface area contributed by atoms with Crippen LogP contribution >= 0.6 is 0 Å². The molecular formula is C14H18FNO2. The van der Waals surface area contributed by atoms with Gasteiger partial charge in [0, 0.05) is 12.6 Å². The molecule has 1 N–H and O–H groups in total. The number of para-hydroxylation sites is 1. The summed E-state index contributed by atoms with van der Waals surface area (Å²) in [4.78, 5) is 13.1. The lowest BCUT2D eigenvalue weighted by atomic mass is 10.1. The Kier molecular flexibility index (Phi) is 3.55. The van der Waals surface area contributed by atoms with Crippen molar-refractivity contribution >= 4 is 11.7 Å². The van der Waals surface area contributed by atoms with Crippen molar-refractivity contribution < 1.29 is 14.3 Å². The topological polar surface area (TPSA) is 40.5 Å². The van der Waals surface area contributed by atoms with Crippen molar-refractivity contribution in [1.29, 1.82) is 0 Å². The Morgan fingerprint density at radius 3 is 2.67 bits per heavy atom. The lowest BCUT2D eigenvalue weighted by molar-refractivity contribution is 0.0697. The number of halogens is 1. The Hall–Kier alpha value is -1.58. The summed E-state index contributed by atoms with van der Waals surface area (Å²) in [5.74, 6) is -1.15. The van der Waals surface area contributed by atoms with Crippen molar-refractivity contribution in [3.63, 3.8) is 0 Å². The number of carboxylic acid groups (broad SMARTS) is 1. The molecule has 0 saturated heterocycles. The highest BCUT2D eigenvalue weighted by Gasteiger charge is 2.33. The predicted octanol–water partition coefficient (Wildman–Crippen LogP) is 3.15. The molecule has 0 spiro atoms. The SMILES string of the molecule is CC(C)CN(c1c(F)cccc1C(=O)O)C1CC1. The van der Waals surface area contributed by atoms with E-state index in [-0.39, 0.29) is 11.3 Å². The average Bonchev–Trinajstić information content (AvgIpc) is 3.09. The second kappa shape index (κ2) is 4.96. The third-order valence-electron chi connectivity index (χ3n) is 3.05. The van der Waals surface area contributed by atoms with Crippen molar-refractivity contribution in [2.45, 2.75) is 32.7 Å². The minimum atomic E-state index is -1.07. The molecule has 0 atom stereocenters. The molecule has 1 aliphatic carbocycles. The quantitative estimate of drug-likeness (QED) is 0.874. The molecular weight excluding hydrogens is 233 g/mol. The normalized spacial score (nSPS) is 14.9. The van der Waals surface area contributed by atoms with Gasteiger partial charge in [0.15, 0.2) is 0 Å². The van der Waals surface area contributed by atoms with Gasteiger partial charge in [-0.1, -0.05) is 19.9 Å². The highest BCUT2D eigenvalue weighted by molar-refractivity contribution is 5.94. The zero-order valence-corrected chi connectivity index (χ0v) is 10.7. The number of aromatic carboxylic acids is 1. The number of hydrogen-bond acceptors (Lipinski definition) is 2. The smallest absolute Gasteiger partial charge is 0.337 e. The van der Waals surface area contributed by atoms with Gasteiger partial charge in [0.1, 0.15) is 5.82 Å². The van der Waals surface area contributed by atoms with E-state index in [1.54, 1.807) is 0 Å². The van der Waals surface area contributed by atoms with E-state index in [1.165, 1.54) is 18.2 Å². The molecule has 0 heterocycles. The summed E-state index contributed by atoms with van der Waals surface area (Å²) < 4.78 is 14.0. The summed E-state index contributed by atoms with van der Waals surface area (Å²) in [6, 6.07) is 4.54. The fourth-order valence-corrected chi connectivity index (χ4v) is 2.18. The van der Waals surface area contributed by atoms with Crippen LogP contribution in [0.3, 0.4) is 0 Å². The Morgan fingerprint density at radius 1 is 1.50 bits per heavy atom. The highest BCUT2D eigenvalue weighted by Crippen LogP contribution is 2.35. The lowest BCUT2D eigenvalue weighted by Crippen LogP contribution is -2.32. The van der Waals surface area contributed by atoms with Gasteiger partial charge in [0.2, 0.25) is 0 Å². The number of rotatable bonds is 5. The van der Waals surface area contributed by atoms with E-state index in [0.717, 1.165) is 12.8 Å². The summed E-state index contributed by atoms with van der Waals surface area (Å²) in [6.07, 6.45) is 2.03. The standard InChI is InChI=1S/C14H18FNO2/c1-9(2)8-16(10-6-7-10)13-11(14(17)18)4-3-5-12(13)15/h3-5,9-10H,6-8H2,1-2H3,(H,17,18). The van der Waals surface area contributed by atoms with Gasteiger partial charge in [-0.25, -0.2) is 9.18 Å². The first-order chi connectivity index (χ1) is 8.50. The van der Waals surface area contributed by atoms with Gasteiger partial charge in [-0.3, -0.25) is 0 Å². The fourth-order valence-electron chi connectivity index (χ4n) is 2.18. The third-order valence-corrected chi connectivity index (χ3v) is 3.05. The molecule has 18 heavy (non-hydrogen) atoms. The first-order valence-electron chi connectivity index (χ1n) is 6.29. The molecule has 0 amide bonds. The van der Waals surface area contributed by atoms with Crippen LogP contribution in [0.1, 0.15) is 37.0 Å². The van der Waals surface area contributed by atoms with E-state index < -0.39 is 11.8 Å². The van der Waals surface area contributed by atoms with Crippen LogP contribution in [0.25, 0.3) is 0 Å². The van der Waals surface area contributed by atoms with Crippen molar-refractivity contribution in [3.05, 3.63) is 29.6 Å². The summed E-state index contributed by atoms with van der Waals surface area (Å²) in [5, 5.41) is 9.18. The molecule has 0 bridgehead atoms. The molecule has 4 heteroatoms. The van der Waals surface area contributed by atoms with Crippen molar-refractivity contribution in [1.82, 2.24) is 0 Å². The van der Waals surface area contributed by atoms with E-state index in [1.807, 2.05) is 4.90 Å². The lowest BCUT2D eigenvalue weighted by Gasteiger charge is -2.28. The van der Waals surface area contributed by atoms with Gasteiger partial charge in [0.05, 0.1) is 11.3 Å². The fraction of sp³-hybridized carbons (Fsp3) is 0.500. The van der Waals surface area contributed by atoms with Gasteiger partial charge in [-0.05, 0) is 30.9 Å². The molecule has 0 unspecified atom stereocenters. The van der Waals surface area contributed by atoms with Gasteiger partial charge in [-0.2, -0.15) is 0 Å². The molecule has 2 rings (SSSR count). The first kappa shape index (κ1) is 12.9.